The number of phenols is 2. The molecule has 0 fully saturated rings. The highest BCUT2D eigenvalue weighted by atomic mass is 35.5. The maximum Gasteiger partial charge on any atom is 0.157 e. The topological polar surface area (TPSA) is 88.6 Å². The van der Waals surface area contributed by atoms with Gasteiger partial charge in [-0.25, -0.2) is 0 Å². The predicted octanol–water partition coefficient (Wildman–Crippen LogP) is -2.51. The molecule has 0 spiro atoms. The highest BCUT2D eigenvalue weighted by molar-refractivity contribution is 5.48. The molecule has 1 heterocycles. The normalized spacial score (nSPS) is 16.5. The summed E-state index contributed by atoms with van der Waals surface area (Å²) in [5.41, 5.74) is 3.45. The fourth-order valence-electron chi connectivity index (χ4n) is 2.65. The second-order valence-corrected chi connectivity index (χ2v) is 4.70. The van der Waals surface area contributed by atoms with Crippen LogP contribution in [0.1, 0.15) is 22.7 Å². The SMILES string of the molecule is O.Oc1cc2c(cc1O)[C@@H](c1ccccc1)[NH2+]CC2.[Cl-]. The number of quaternary nitrogens is 1. The smallest absolute Gasteiger partial charge is 0.157 e. The number of rotatable bonds is 1. The number of hydrogen-bond donors (Lipinski definition) is 3. The Hall–Kier alpha value is -1.75. The molecule has 0 amide bonds. The summed E-state index contributed by atoms with van der Waals surface area (Å²) in [5.74, 6) is -0.0626. The van der Waals surface area contributed by atoms with E-state index in [0.29, 0.717) is 0 Å². The van der Waals surface area contributed by atoms with E-state index in [2.05, 4.69) is 17.4 Å². The minimum atomic E-state index is -0.0371. The summed E-state index contributed by atoms with van der Waals surface area (Å²) < 4.78 is 0. The van der Waals surface area contributed by atoms with Crippen LogP contribution >= 0.6 is 0 Å². The number of nitrogens with two attached hydrogens (primary N) is 1. The van der Waals surface area contributed by atoms with Crippen LogP contribution in [0.2, 0.25) is 0 Å². The van der Waals surface area contributed by atoms with Crippen molar-refractivity contribution in [1.29, 1.82) is 0 Å². The summed E-state index contributed by atoms with van der Waals surface area (Å²) in [5, 5.41) is 21.5. The molecule has 20 heavy (non-hydrogen) atoms. The summed E-state index contributed by atoms with van der Waals surface area (Å²) in [6.07, 6.45) is 0.923. The summed E-state index contributed by atoms with van der Waals surface area (Å²) in [7, 11) is 0. The molecule has 1 aliphatic rings. The number of phenolic OH excluding ortho intramolecular Hbond substituents is 2. The van der Waals surface area contributed by atoms with Gasteiger partial charge in [0.05, 0.1) is 6.54 Å². The summed E-state index contributed by atoms with van der Waals surface area (Å²) in [4.78, 5) is 0. The third-order valence-corrected chi connectivity index (χ3v) is 3.55. The Morgan fingerprint density at radius 1 is 1.00 bits per heavy atom. The molecular formula is C15H18ClNO3. The summed E-state index contributed by atoms with van der Waals surface area (Å²) >= 11 is 0. The Bertz CT molecular complexity index is 575. The quantitative estimate of drug-likeness (QED) is 0.507. The van der Waals surface area contributed by atoms with E-state index in [1.165, 1.54) is 5.56 Å². The van der Waals surface area contributed by atoms with Crippen LogP contribution in [-0.4, -0.2) is 22.2 Å². The number of fused-ring (bicyclic) bond motifs is 1. The van der Waals surface area contributed by atoms with Crippen LogP contribution in [-0.2, 0) is 6.42 Å². The van der Waals surface area contributed by atoms with Gasteiger partial charge in [0.15, 0.2) is 11.5 Å². The Morgan fingerprint density at radius 3 is 2.35 bits per heavy atom. The Morgan fingerprint density at radius 2 is 1.65 bits per heavy atom. The molecule has 0 bridgehead atoms. The molecule has 108 valence electrons. The molecule has 2 aromatic carbocycles. The molecule has 2 aromatic rings. The number of halogens is 1. The zero-order chi connectivity index (χ0) is 12.5. The van der Waals surface area contributed by atoms with Gasteiger partial charge < -0.3 is 33.4 Å². The molecule has 3 rings (SSSR count). The van der Waals surface area contributed by atoms with Crippen molar-refractivity contribution >= 4 is 0 Å². The molecule has 0 saturated carbocycles. The monoisotopic (exact) mass is 295 g/mol. The van der Waals surface area contributed by atoms with Crippen LogP contribution < -0.4 is 17.7 Å². The number of hydrogen-bond acceptors (Lipinski definition) is 2. The molecule has 5 heteroatoms. The lowest BCUT2D eigenvalue weighted by Crippen LogP contribution is -3.00. The maximum atomic E-state index is 9.68. The van der Waals surface area contributed by atoms with Crippen LogP contribution in [0, 0.1) is 0 Å². The molecular weight excluding hydrogens is 278 g/mol. The lowest BCUT2D eigenvalue weighted by Gasteiger charge is -2.24. The standard InChI is InChI=1S/C15H15NO2.ClH.H2O/c17-13-8-11-6-7-16-15(12(11)9-14(13)18)10-4-2-1-3-5-10;;/h1-5,8-9,15-18H,6-7H2;1H;1H2/t15-;;/m1../s1. The van der Waals surface area contributed by atoms with E-state index in [0.717, 1.165) is 24.1 Å². The first-order valence-corrected chi connectivity index (χ1v) is 6.19. The average Bonchev–Trinajstić information content (AvgIpc) is 2.40. The van der Waals surface area contributed by atoms with Gasteiger partial charge in [-0.05, 0) is 17.7 Å². The summed E-state index contributed by atoms with van der Waals surface area (Å²) in [6.45, 7) is 0.997. The lowest BCUT2D eigenvalue weighted by molar-refractivity contribution is -0.690. The molecule has 0 saturated heterocycles. The van der Waals surface area contributed by atoms with Crippen LogP contribution in [0.3, 0.4) is 0 Å². The minimum Gasteiger partial charge on any atom is -1.00 e. The van der Waals surface area contributed by atoms with Crippen LogP contribution in [0.15, 0.2) is 42.5 Å². The van der Waals surface area contributed by atoms with Crippen LogP contribution in [0.4, 0.5) is 0 Å². The summed E-state index contributed by atoms with van der Waals surface area (Å²) in [6, 6.07) is 13.8. The number of aromatic hydroxyl groups is 2. The Balaban J connectivity index is 0.000001000. The second kappa shape index (κ2) is 6.61. The third kappa shape index (κ3) is 2.88. The van der Waals surface area contributed by atoms with Gasteiger partial charge in [0.1, 0.15) is 6.04 Å². The molecule has 0 radical (unpaired) electrons. The van der Waals surface area contributed by atoms with E-state index < -0.39 is 0 Å². The van der Waals surface area contributed by atoms with E-state index in [9.17, 15) is 10.2 Å². The molecule has 0 aromatic heterocycles. The van der Waals surface area contributed by atoms with Gasteiger partial charge in [-0.1, -0.05) is 30.3 Å². The highest BCUT2D eigenvalue weighted by Crippen LogP contribution is 2.33. The van der Waals surface area contributed by atoms with Gasteiger partial charge >= 0.3 is 0 Å². The third-order valence-electron chi connectivity index (χ3n) is 3.55. The van der Waals surface area contributed by atoms with Crippen molar-refractivity contribution in [3.8, 4) is 11.5 Å². The van der Waals surface area contributed by atoms with Gasteiger partial charge in [-0.15, -0.1) is 0 Å². The average molecular weight is 296 g/mol. The molecule has 6 N–H and O–H groups in total. The van der Waals surface area contributed by atoms with Gasteiger partial charge in [-0.2, -0.15) is 0 Å². The van der Waals surface area contributed by atoms with Crippen molar-refractivity contribution in [2.24, 2.45) is 0 Å². The van der Waals surface area contributed by atoms with Crippen molar-refractivity contribution in [2.45, 2.75) is 12.5 Å². The second-order valence-electron chi connectivity index (χ2n) is 4.70. The molecule has 0 aliphatic carbocycles. The first-order chi connectivity index (χ1) is 8.75. The first-order valence-electron chi connectivity index (χ1n) is 6.19. The van der Waals surface area contributed by atoms with Crippen LogP contribution in [0.25, 0.3) is 0 Å². The predicted molar refractivity (Wildman–Crippen MR) is 72.2 cm³/mol. The van der Waals surface area contributed by atoms with E-state index in [-0.39, 0.29) is 35.4 Å². The zero-order valence-electron chi connectivity index (χ0n) is 10.9. The van der Waals surface area contributed by atoms with E-state index >= 15 is 0 Å². The zero-order valence-corrected chi connectivity index (χ0v) is 11.6. The van der Waals surface area contributed by atoms with Crippen molar-refractivity contribution in [2.75, 3.05) is 6.54 Å². The van der Waals surface area contributed by atoms with E-state index in [1.54, 1.807) is 12.1 Å². The van der Waals surface area contributed by atoms with E-state index in [1.807, 2.05) is 18.2 Å². The van der Waals surface area contributed by atoms with Crippen LogP contribution in [0.5, 0.6) is 11.5 Å². The lowest BCUT2D eigenvalue weighted by atomic mass is 9.89. The molecule has 1 atom stereocenters. The van der Waals surface area contributed by atoms with Crippen molar-refractivity contribution in [3.63, 3.8) is 0 Å². The molecule has 1 aliphatic heterocycles. The molecule has 4 nitrogen and oxygen atoms in total. The highest BCUT2D eigenvalue weighted by Gasteiger charge is 2.26. The van der Waals surface area contributed by atoms with Gasteiger partial charge in [0.25, 0.3) is 0 Å². The largest absolute Gasteiger partial charge is 1.00 e. The Labute approximate surface area is 123 Å². The van der Waals surface area contributed by atoms with Gasteiger partial charge in [0.2, 0.25) is 0 Å². The van der Waals surface area contributed by atoms with Crippen molar-refractivity contribution in [3.05, 3.63) is 59.2 Å². The van der Waals surface area contributed by atoms with E-state index in [4.69, 9.17) is 0 Å². The Kier molecular flexibility index (Phi) is 5.39. The fourth-order valence-corrected chi connectivity index (χ4v) is 2.65. The number of benzene rings is 2. The maximum absolute atomic E-state index is 9.68. The van der Waals surface area contributed by atoms with Crippen molar-refractivity contribution in [1.82, 2.24) is 0 Å². The fraction of sp³-hybridized carbons (Fsp3) is 0.200. The van der Waals surface area contributed by atoms with Gasteiger partial charge in [-0.3, -0.25) is 0 Å². The first kappa shape index (κ1) is 16.3. The van der Waals surface area contributed by atoms with Crippen molar-refractivity contribution < 1.29 is 33.4 Å². The molecule has 0 unspecified atom stereocenters. The minimum absolute atomic E-state index is 0. The van der Waals surface area contributed by atoms with Gasteiger partial charge in [0, 0.05) is 17.5 Å².